The molecule has 1 aromatic heterocycles. The molecule has 3 rings (SSSR count). The van der Waals surface area contributed by atoms with E-state index in [1.165, 1.54) is 12.1 Å². The number of ether oxygens (including phenoxy) is 1. The Morgan fingerprint density at radius 3 is 2.78 bits per heavy atom. The summed E-state index contributed by atoms with van der Waals surface area (Å²) in [5.74, 6) is -0.0658. The van der Waals surface area contributed by atoms with Gasteiger partial charge in [-0.3, -0.25) is 0 Å². The molecule has 0 unspecified atom stereocenters. The fraction of sp³-hybridized carbons (Fsp3) is 0. The van der Waals surface area contributed by atoms with Gasteiger partial charge in [0.15, 0.2) is 5.58 Å². The highest BCUT2D eigenvalue weighted by atomic mass is 79.9. The van der Waals surface area contributed by atoms with Crippen LogP contribution in [0.25, 0.3) is 11.1 Å². The predicted molar refractivity (Wildman–Crippen MR) is 68.2 cm³/mol. The molecule has 90 valence electrons. The van der Waals surface area contributed by atoms with E-state index in [2.05, 4.69) is 20.9 Å². The van der Waals surface area contributed by atoms with E-state index in [0.717, 1.165) is 0 Å². The lowest BCUT2D eigenvalue weighted by Gasteiger charge is -2.01. The highest BCUT2D eigenvalue weighted by Crippen LogP contribution is 2.27. The van der Waals surface area contributed by atoms with Gasteiger partial charge in [-0.2, -0.15) is 4.98 Å². The van der Waals surface area contributed by atoms with Gasteiger partial charge in [0.1, 0.15) is 17.1 Å². The van der Waals surface area contributed by atoms with Crippen LogP contribution in [-0.2, 0) is 0 Å². The first-order valence-electron chi connectivity index (χ1n) is 5.20. The summed E-state index contributed by atoms with van der Waals surface area (Å²) in [6.45, 7) is 0. The van der Waals surface area contributed by atoms with Gasteiger partial charge in [0.25, 0.3) is 0 Å². The van der Waals surface area contributed by atoms with Gasteiger partial charge < -0.3 is 9.15 Å². The molecule has 0 saturated carbocycles. The van der Waals surface area contributed by atoms with Crippen LogP contribution in [0, 0.1) is 5.82 Å². The topological polar surface area (TPSA) is 35.3 Å². The average molecular weight is 308 g/mol. The Balaban J connectivity index is 1.96. The SMILES string of the molecule is Fc1cc(Br)cc(Oc2nc3ccccc3o2)c1. The molecule has 2 aromatic carbocycles. The fourth-order valence-electron chi connectivity index (χ4n) is 1.58. The summed E-state index contributed by atoms with van der Waals surface area (Å²) in [7, 11) is 0. The first-order chi connectivity index (χ1) is 8.70. The Morgan fingerprint density at radius 1 is 1.17 bits per heavy atom. The average Bonchev–Trinajstić information content (AvgIpc) is 2.69. The molecule has 3 aromatic rings. The van der Waals surface area contributed by atoms with Crippen LogP contribution in [-0.4, -0.2) is 4.98 Å². The van der Waals surface area contributed by atoms with Gasteiger partial charge in [-0.1, -0.05) is 28.1 Å². The molecule has 0 saturated heterocycles. The van der Waals surface area contributed by atoms with Gasteiger partial charge in [-0.25, -0.2) is 4.39 Å². The summed E-state index contributed by atoms with van der Waals surface area (Å²) >= 11 is 3.19. The molecule has 0 amide bonds. The van der Waals surface area contributed by atoms with Crippen molar-refractivity contribution < 1.29 is 13.5 Å². The molecule has 3 nitrogen and oxygen atoms in total. The number of para-hydroxylation sites is 2. The highest BCUT2D eigenvalue weighted by Gasteiger charge is 2.08. The molecule has 0 radical (unpaired) electrons. The van der Waals surface area contributed by atoms with E-state index in [1.54, 1.807) is 12.1 Å². The molecule has 0 spiro atoms. The Hall–Kier alpha value is -1.88. The van der Waals surface area contributed by atoms with Gasteiger partial charge in [-0.15, -0.1) is 0 Å². The zero-order valence-electron chi connectivity index (χ0n) is 9.06. The molecule has 1 heterocycles. The molecule has 0 atom stereocenters. The monoisotopic (exact) mass is 307 g/mol. The van der Waals surface area contributed by atoms with Crippen LogP contribution in [0.2, 0.25) is 0 Å². The number of hydrogen-bond donors (Lipinski definition) is 0. The smallest absolute Gasteiger partial charge is 0.400 e. The molecule has 0 aliphatic heterocycles. The van der Waals surface area contributed by atoms with Crippen LogP contribution >= 0.6 is 15.9 Å². The summed E-state index contributed by atoms with van der Waals surface area (Å²) < 4.78 is 24.5. The molecule has 5 heteroatoms. The van der Waals surface area contributed by atoms with E-state index in [1.807, 2.05) is 18.2 Å². The van der Waals surface area contributed by atoms with Crippen LogP contribution in [0.3, 0.4) is 0 Å². The van der Waals surface area contributed by atoms with Crippen molar-refractivity contribution in [1.82, 2.24) is 4.98 Å². The van der Waals surface area contributed by atoms with E-state index in [0.29, 0.717) is 21.3 Å². The Kier molecular flexibility index (Phi) is 2.76. The molecule has 0 aliphatic carbocycles. The zero-order valence-corrected chi connectivity index (χ0v) is 10.6. The summed E-state index contributed by atoms with van der Waals surface area (Å²) in [4.78, 5) is 4.14. The maximum absolute atomic E-state index is 13.2. The molecule has 0 aliphatic rings. The first kappa shape index (κ1) is 11.2. The molecular formula is C13H7BrFNO2. The third-order valence-corrected chi connectivity index (χ3v) is 2.77. The van der Waals surface area contributed by atoms with Gasteiger partial charge in [-0.05, 0) is 24.3 Å². The van der Waals surface area contributed by atoms with Crippen LogP contribution in [0.4, 0.5) is 4.39 Å². The summed E-state index contributed by atoms with van der Waals surface area (Å²) in [6.07, 6.45) is 0.0914. The summed E-state index contributed by atoms with van der Waals surface area (Å²) in [5.41, 5.74) is 1.32. The van der Waals surface area contributed by atoms with Crippen molar-refractivity contribution >= 4 is 27.0 Å². The maximum Gasteiger partial charge on any atom is 0.400 e. The zero-order chi connectivity index (χ0) is 12.5. The Bertz CT molecular complexity index is 658. The van der Waals surface area contributed by atoms with Crippen molar-refractivity contribution in [3.63, 3.8) is 0 Å². The number of aromatic nitrogens is 1. The minimum absolute atomic E-state index is 0.0914. The van der Waals surface area contributed by atoms with Crippen molar-refractivity contribution in [3.05, 3.63) is 52.8 Å². The van der Waals surface area contributed by atoms with E-state index < -0.39 is 5.82 Å². The Labute approximate surface area is 110 Å². The molecule has 18 heavy (non-hydrogen) atoms. The van der Waals surface area contributed by atoms with E-state index >= 15 is 0 Å². The molecule has 0 N–H and O–H groups in total. The standard InChI is InChI=1S/C13H7BrFNO2/c14-8-5-9(15)7-10(6-8)17-13-16-11-3-1-2-4-12(11)18-13/h1-7H. The molecule has 0 fully saturated rings. The van der Waals surface area contributed by atoms with Crippen LogP contribution < -0.4 is 4.74 Å². The minimum Gasteiger partial charge on any atom is -0.411 e. The number of rotatable bonds is 2. The number of fused-ring (bicyclic) bond motifs is 1. The van der Waals surface area contributed by atoms with E-state index in [4.69, 9.17) is 9.15 Å². The summed E-state index contributed by atoms with van der Waals surface area (Å²) in [6, 6.07) is 11.5. The van der Waals surface area contributed by atoms with Crippen molar-refractivity contribution in [1.29, 1.82) is 0 Å². The largest absolute Gasteiger partial charge is 0.411 e. The summed E-state index contributed by atoms with van der Waals surface area (Å²) in [5, 5.41) is 0. The number of benzene rings is 2. The number of halogens is 2. The maximum atomic E-state index is 13.2. The second-order valence-corrected chi connectivity index (χ2v) is 4.57. The lowest BCUT2D eigenvalue weighted by Crippen LogP contribution is -1.85. The highest BCUT2D eigenvalue weighted by molar-refractivity contribution is 9.10. The van der Waals surface area contributed by atoms with Gasteiger partial charge in [0.05, 0.1) is 0 Å². The second kappa shape index (κ2) is 4.42. The molecular weight excluding hydrogens is 301 g/mol. The molecule has 0 bridgehead atoms. The van der Waals surface area contributed by atoms with Gasteiger partial charge in [0, 0.05) is 10.5 Å². The van der Waals surface area contributed by atoms with E-state index in [-0.39, 0.29) is 6.08 Å². The minimum atomic E-state index is -0.393. The third-order valence-electron chi connectivity index (χ3n) is 2.32. The van der Waals surface area contributed by atoms with Gasteiger partial charge in [0.2, 0.25) is 0 Å². The van der Waals surface area contributed by atoms with Gasteiger partial charge >= 0.3 is 6.08 Å². The van der Waals surface area contributed by atoms with Crippen LogP contribution in [0.1, 0.15) is 0 Å². The van der Waals surface area contributed by atoms with Crippen LogP contribution in [0.15, 0.2) is 51.4 Å². The predicted octanol–water partition coefficient (Wildman–Crippen LogP) is 4.52. The number of hydrogen-bond acceptors (Lipinski definition) is 3. The fourth-order valence-corrected chi connectivity index (χ4v) is 2.03. The van der Waals surface area contributed by atoms with Crippen molar-refractivity contribution in [2.75, 3.05) is 0 Å². The van der Waals surface area contributed by atoms with Crippen molar-refractivity contribution in [3.8, 4) is 11.8 Å². The lowest BCUT2D eigenvalue weighted by molar-refractivity contribution is 0.341. The Morgan fingerprint density at radius 2 is 2.00 bits per heavy atom. The number of nitrogens with zero attached hydrogens (tertiary/aromatic N) is 1. The van der Waals surface area contributed by atoms with Crippen molar-refractivity contribution in [2.45, 2.75) is 0 Å². The quantitative estimate of drug-likeness (QED) is 0.698. The number of oxazole rings is 1. The first-order valence-corrected chi connectivity index (χ1v) is 5.99. The van der Waals surface area contributed by atoms with Crippen LogP contribution in [0.5, 0.6) is 11.8 Å². The second-order valence-electron chi connectivity index (χ2n) is 3.65. The normalized spacial score (nSPS) is 10.8. The van der Waals surface area contributed by atoms with Crippen molar-refractivity contribution in [2.24, 2.45) is 0 Å². The lowest BCUT2D eigenvalue weighted by atomic mass is 10.3. The van der Waals surface area contributed by atoms with E-state index in [9.17, 15) is 4.39 Å². The third kappa shape index (κ3) is 2.22.